The number of hydrogen-bond donors (Lipinski definition) is 2. The quantitative estimate of drug-likeness (QED) is 0.861. The summed E-state index contributed by atoms with van der Waals surface area (Å²) >= 11 is 0. The van der Waals surface area contributed by atoms with Crippen LogP contribution in [0.2, 0.25) is 0 Å². The normalized spacial score (nSPS) is 26.8. The lowest BCUT2D eigenvalue weighted by Gasteiger charge is -2.29. The summed E-state index contributed by atoms with van der Waals surface area (Å²) in [5.74, 6) is -0.734. The second-order valence-corrected chi connectivity index (χ2v) is 7.06. The fourth-order valence-corrected chi connectivity index (χ4v) is 4.10. The van der Waals surface area contributed by atoms with Crippen molar-refractivity contribution in [3.63, 3.8) is 0 Å². The number of aromatic nitrogens is 1. The molecule has 1 aromatic heterocycles. The van der Waals surface area contributed by atoms with Crippen LogP contribution in [0.15, 0.2) is 24.5 Å². The zero-order chi connectivity index (χ0) is 17.9. The number of nitrogens with zero attached hydrogens (tertiary/aromatic N) is 3. The van der Waals surface area contributed by atoms with Gasteiger partial charge in [-0.15, -0.1) is 0 Å². The maximum absolute atomic E-state index is 12.6. The number of hydrogen-bond acceptors (Lipinski definition) is 4. The van der Waals surface area contributed by atoms with Gasteiger partial charge in [-0.2, -0.15) is 0 Å². The van der Waals surface area contributed by atoms with E-state index in [0.29, 0.717) is 32.6 Å². The predicted molar refractivity (Wildman–Crippen MR) is 93.0 cm³/mol. The van der Waals surface area contributed by atoms with Crippen LogP contribution in [-0.4, -0.2) is 64.6 Å². The number of carboxylic acids is 1. The number of urea groups is 1. The molecule has 1 aromatic rings. The van der Waals surface area contributed by atoms with Crippen molar-refractivity contribution in [2.45, 2.75) is 26.3 Å². The van der Waals surface area contributed by atoms with Crippen LogP contribution in [0.3, 0.4) is 0 Å². The molecular weight excluding hydrogens is 320 g/mol. The third kappa shape index (κ3) is 3.61. The highest BCUT2D eigenvalue weighted by atomic mass is 16.4. The van der Waals surface area contributed by atoms with E-state index >= 15 is 0 Å². The van der Waals surface area contributed by atoms with Crippen molar-refractivity contribution >= 4 is 12.0 Å². The summed E-state index contributed by atoms with van der Waals surface area (Å²) in [4.78, 5) is 32.6. The molecule has 3 rings (SSSR count). The summed E-state index contributed by atoms with van der Waals surface area (Å²) in [5.41, 5.74) is 0.234. The zero-order valence-electron chi connectivity index (χ0n) is 14.6. The van der Waals surface area contributed by atoms with Crippen molar-refractivity contribution < 1.29 is 14.7 Å². The molecule has 2 amide bonds. The summed E-state index contributed by atoms with van der Waals surface area (Å²) in [6, 6.07) is 3.63. The fraction of sp³-hybridized carbons (Fsp3) is 0.611. The molecule has 0 aromatic carbocycles. The largest absolute Gasteiger partial charge is 0.481 e. The van der Waals surface area contributed by atoms with Gasteiger partial charge in [0.1, 0.15) is 0 Å². The van der Waals surface area contributed by atoms with Crippen LogP contribution in [0.4, 0.5) is 4.79 Å². The van der Waals surface area contributed by atoms with Crippen molar-refractivity contribution in [2.75, 3.05) is 32.7 Å². The van der Waals surface area contributed by atoms with Gasteiger partial charge in [0.25, 0.3) is 0 Å². The molecule has 0 unspecified atom stereocenters. The molecule has 136 valence electrons. The van der Waals surface area contributed by atoms with Crippen LogP contribution in [0.1, 0.15) is 25.3 Å². The Kier molecular flexibility index (Phi) is 5.22. The lowest BCUT2D eigenvalue weighted by Crippen LogP contribution is -2.45. The average molecular weight is 346 g/mol. The molecule has 2 atom stereocenters. The molecule has 2 N–H and O–H groups in total. The van der Waals surface area contributed by atoms with E-state index in [2.05, 4.69) is 22.1 Å². The van der Waals surface area contributed by atoms with Crippen LogP contribution in [0.5, 0.6) is 0 Å². The van der Waals surface area contributed by atoms with Crippen LogP contribution in [-0.2, 0) is 11.3 Å². The summed E-state index contributed by atoms with van der Waals surface area (Å²) in [6.07, 6.45) is 4.79. The molecule has 2 fully saturated rings. The van der Waals surface area contributed by atoms with E-state index in [0.717, 1.165) is 25.1 Å². The summed E-state index contributed by atoms with van der Waals surface area (Å²) in [7, 11) is 0. The minimum absolute atomic E-state index is 0.0170. The number of carbonyl (C=O) groups excluding carboxylic acids is 1. The fourth-order valence-electron chi connectivity index (χ4n) is 4.10. The van der Waals surface area contributed by atoms with E-state index in [9.17, 15) is 14.7 Å². The molecule has 0 saturated carbocycles. The van der Waals surface area contributed by atoms with E-state index in [1.54, 1.807) is 17.3 Å². The van der Waals surface area contributed by atoms with E-state index in [-0.39, 0.29) is 11.9 Å². The molecule has 7 nitrogen and oxygen atoms in total. The van der Waals surface area contributed by atoms with Crippen LogP contribution < -0.4 is 5.32 Å². The second-order valence-electron chi connectivity index (χ2n) is 7.06. The number of carbonyl (C=O) groups is 2. The number of likely N-dealkylation sites (tertiary alicyclic amines) is 2. The topological polar surface area (TPSA) is 85.8 Å². The van der Waals surface area contributed by atoms with E-state index in [4.69, 9.17) is 0 Å². The first-order valence-electron chi connectivity index (χ1n) is 8.92. The van der Waals surface area contributed by atoms with E-state index in [1.165, 1.54) is 0 Å². The number of fused-ring (bicyclic) bond motifs is 1. The molecule has 0 aliphatic carbocycles. The Balaban J connectivity index is 1.66. The van der Waals surface area contributed by atoms with Crippen LogP contribution in [0.25, 0.3) is 0 Å². The van der Waals surface area contributed by atoms with Crippen molar-refractivity contribution in [1.29, 1.82) is 0 Å². The number of rotatable bonds is 4. The molecule has 0 radical (unpaired) electrons. The molecule has 25 heavy (non-hydrogen) atoms. The Morgan fingerprint density at radius 2 is 2.28 bits per heavy atom. The molecule has 2 aliphatic heterocycles. The van der Waals surface area contributed by atoms with E-state index < -0.39 is 11.4 Å². The van der Waals surface area contributed by atoms with Crippen molar-refractivity contribution in [1.82, 2.24) is 20.1 Å². The highest BCUT2D eigenvalue weighted by Crippen LogP contribution is 2.42. The van der Waals surface area contributed by atoms with Gasteiger partial charge in [-0.05, 0) is 31.0 Å². The third-order valence-electron chi connectivity index (χ3n) is 5.58. The number of nitrogens with one attached hydrogen (secondary N) is 1. The SMILES string of the molecule is CCN1C[C@H]2CN(C(=O)NCc3cccnc3)CCC[C@@]2(C(=O)O)C1. The Morgan fingerprint density at radius 1 is 1.44 bits per heavy atom. The minimum atomic E-state index is -0.717. The highest BCUT2D eigenvalue weighted by molar-refractivity contribution is 5.77. The number of amides is 2. The van der Waals surface area contributed by atoms with Gasteiger partial charge in [0, 0.05) is 51.0 Å². The maximum Gasteiger partial charge on any atom is 0.317 e. The molecule has 0 spiro atoms. The van der Waals surface area contributed by atoms with Gasteiger partial charge in [-0.3, -0.25) is 9.78 Å². The summed E-state index contributed by atoms with van der Waals surface area (Å²) in [6.45, 7) is 5.78. The lowest BCUT2D eigenvalue weighted by molar-refractivity contribution is -0.150. The highest BCUT2D eigenvalue weighted by Gasteiger charge is 2.53. The Morgan fingerprint density at radius 3 is 2.96 bits per heavy atom. The zero-order valence-corrected chi connectivity index (χ0v) is 14.6. The molecule has 0 bridgehead atoms. The molecule has 2 aliphatic rings. The lowest BCUT2D eigenvalue weighted by atomic mass is 9.75. The van der Waals surface area contributed by atoms with Gasteiger partial charge >= 0.3 is 12.0 Å². The monoisotopic (exact) mass is 346 g/mol. The third-order valence-corrected chi connectivity index (χ3v) is 5.58. The minimum Gasteiger partial charge on any atom is -0.481 e. The predicted octanol–water partition coefficient (Wildman–Crippen LogP) is 1.41. The number of aliphatic carboxylic acids is 1. The van der Waals surface area contributed by atoms with Crippen molar-refractivity contribution in [3.05, 3.63) is 30.1 Å². The van der Waals surface area contributed by atoms with Crippen molar-refractivity contribution in [2.24, 2.45) is 11.3 Å². The van der Waals surface area contributed by atoms with Gasteiger partial charge in [0.2, 0.25) is 0 Å². The molecular formula is C18H26N4O3. The molecule has 3 heterocycles. The smallest absolute Gasteiger partial charge is 0.317 e. The first kappa shape index (κ1) is 17.7. The summed E-state index contributed by atoms with van der Waals surface area (Å²) < 4.78 is 0. The van der Waals surface area contributed by atoms with E-state index in [1.807, 2.05) is 12.1 Å². The Hall–Kier alpha value is -2.15. The first-order valence-corrected chi connectivity index (χ1v) is 8.92. The van der Waals surface area contributed by atoms with Gasteiger partial charge in [0.05, 0.1) is 5.41 Å². The summed E-state index contributed by atoms with van der Waals surface area (Å²) in [5, 5.41) is 12.8. The second kappa shape index (κ2) is 7.39. The van der Waals surface area contributed by atoms with Gasteiger partial charge in [-0.1, -0.05) is 13.0 Å². The van der Waals surface area contributed by atoms with Crippen molar-refractivity contribution in [3.8, 4) is 0 Å². The first-order chi connectivity index (χ1) is 12.0. The molecule has 2 saturated heterocycles. The Bertz CT molecular complexity index is 624. The maximum atomic E-state index is 12.6. The number of pyridine rings is 1. The standard InChI is InChI=1S/C18H26N4O3/c1-2-21-11-15-12-22(8-4-6-18(15,13-21)16(23)24)17(25)20-10-14-5-3-7-19-9-14/h3,5,7,9,15H,2,4,6,8,10-13H2,1H3,(H,20,25)(H,23,24)/t15-,18+/m0/s1. The van der Waals surface area contributed by atoms with Crippen LogP contribution in [0, 0.1) is 11.3 Å². The van der Waals surface area contributed by atoms with Gasteiger partial charge in [-0.25, -0.2) is 4.79 Å². The Labute approximate surface area is 148 Å². The van der Waals surface area contributed by atoms with Gasteiger partial charge < -0.3 is 20.2 Å². The molecule has 7 heteroatoms. The van der Waals surface area contributed by atoms with Crippen LogP contribution >= 0.6 is 0 Å². The number of carboxylic acid groups (broad SMARTS) is 1. The average Bonchev–Trinajstić information content (AvgIpc) is 2.88. The van der Waals surface area contributed by atoms with Gasteiger partial charge in [0.15, 0.2) is 0 Å².